The van der Waals surface area contributed by atoms with Crippen molar-refractivity contribution in [2.75, 3.05) is 0 Å². The van der Waals surface area contributed by atoms with E-state index in [1.165, 1.54) is 12.7 Å². The molecule has 2 aromatic heterocycles. The van der Waals surface area contributed by atoms with Crippen LogP contribution in [0.15, 0.2) is 68.8 Å². The van der Waals surface area contributed by atoms with Gasteiger partial charge in [-0.1, -0.05) is 36.4 Å². The molecule has 4 rings (SSSR count). The van der Waals surface area contributed by atoms with Crippen molar-refractivity contribution >= 4 is 17.1 Å². The van der Waals surface area contributed by atoms with Gasteiger partial charge in [0.15, 0.2) is 6.39 Å². The number of rotatable bonds is 4. The molecule has 0 aliphatic rings. The van der Waals surface area contributed by atoms with Crippen LogP contribution in [0, 0.1) is 6.92 Å². The molecule has 7 heteroatoms. The molecule has 0 unspecified atom stereocenters. The maximum absolute atomic E-state index is 13.7. The molecule has 7 nitrogen and oxygen atoms in total. The van der Waals surface area contributed by atoms with Gasteiger partial charge in [-0.2, -0.15) is 0 Å². The average molecular weight is 447 g/mol. The Kier molecular flexibility index (Phi) is 5.80. The smallest absolute Gasteiger partial charge is 0.408 e. The summed E-state index contributed by atoms with van der Waals surface area (Å²) in [5.41, 5.74) is 2.54. The van der Waals surface area contributed by atoms with Gasteiger partial charge in [-0.3, -0.25) is 4.79 Å². The van der Waals surface area contributed by atoms with Gasteiger partial charge >= 0.3 is 6.09 Å². The predicted octanol–water partition coefficient (Wildman–Crippen LogP) is 6.01. The van der Waals surface area contributed by atoms with E-state index in [1.54, 1.807) is 26.8 Å². The number of amides is 1. The summed E-state index contributed by atoms with van der Waals surface area (Å²) in [6.07, 6.45) is 2.16. The number of benzene rings is 2. The minimum atomic E-state index is -0.627. The van der Waals surface area contributed by atoms with Crippen LogP contribution in [0.2, 0.25) is 0 Å². The highest BCUT2D eigenvalue weighted by molar-refractivity contribution is 5.90. The van der Waals surface area contributed by atoms with Crippen LogP contribution in [0.1, 0.15) is 44.9 Å². The Balaban J connectivity index is 1.93. The quantitative estimate of drug-likeness (QED) is 0.413. The van der Waals surface area contributed by atoms with Crippen molar-refractivity contribution < 1.29 is 18.4 Å². The fourth-order valence-corrected chi connectivity index (χ4v) is 3.72. The summed E-state index contributed by atoms with van der Waals surface area (Å²) in [6, 6.07) is 12.6. The molecule has 1 N–H and O–H groups in total. The summed E-state index contributed by atoms with van der Waals surface area (Å²) in [5, 5.41) is 3.25. The number of alkyl carbamates (subject to hydrolysis) is 1. The molecule has 0 aliphatic heterocycles. The van der Waals surface area contributed by atoms with Crippen LogP contribution < -0.4 is 10.7 Å². The highest BCUT2D eigenvalue weighted by atomic mass is 16.6. The highest BCUT2D eigenvalue weighted by Gasteiger charge is 2.24. The molecule has 2 heterocycles. The first kappa shape index (κ1) is 22.3. The number of carbonyl (C=O) groups is 1. The van der Waals surface area contributed by atoms with Gasteiger partial charge in [0.1, 0.15) is 28.9 Å². The number of nitrogens with zero attached hydrogens (tertiary/aromatic N) is 1. The summed E-state index contributed by atoms with van der Waals surface area (Å²) < 4.78 is 16.9. The van der Waals surface area contributed by atoms with E-state index < -0.39 is 17.7 Å². The minimum absolute atomic E-state index is 0.224. The lowest BCUT2D eigenvalue weighted by molar-refractivity contribution is 0.0508. The number of hydrogen-bond donors (Lipinski definition) is 1. The first-order chi connectivity index (χ1) is 15.6. The molecule has 33 heavy (non-hydrogen) atoms. The van der Waals surface area contributed by atoms with E-state index in [4.69, 9.17) is 13.6 Å². The number of aromatic nitrogens is 1. The summed E-state index contributed by atoms with van der Waals surface area (Å²) in [6.45, 7) is 9.12. The van der Waals surface area contributed by atoms with Crippen LogP contribution in [-0.2, 0) is 4.74 Å². The minimum Gasteiger partial charge on any atom is -0.455 e. The SMILES string of the molecule is Cc1cc([C@@H](C)NC(=O)OC(C)(C)C)c2oc(-c3ccccc3)c(-c3cocn3)c(=O)c2c1. The summed E-state index contributed by atoms with van der Waals surface area (Å²) in [4.78, 5) is 30.3. The van der Waals surface area contributed by atoms with E-state index in [1.807, 2.05) is 50.2 Å². The molecular formula is C26H26N2O5. The van der Waals surface area contributed by atoms with Crippen molar-refractivity contribution in [1.82, 2.24) is 10.3 Å². The fourth-order valence-electron chi connectivity index (χ4n) is 3.72. The van der Waals surface area contributed by atoms with Crippen molar-refractivity contribution in [2.24, 2.45) is 0 Å². The first-order valence-corrected chi connectivity index (χ1v) is 10.7. The van der Waals surface area contributed by atoms with E-state index in [0.717, 1.165) is 11.1 Å². The molecule has 4 aromatic rings. The Morgan fingerprint density at radius 2 is 1.88 bits per heavy atom. The largest absolute Gasteiger partial charge is 0.455 e. The third kappa shape index (κ3) is 4.67. The third-order valence-electron chi connectivity index (χ3n) is 5.09. The van der Waals surface area contributed by atoms with Crippen molar-refractivity contribution in [1.29, 1.82) is 0 Å². The second kappa shape index (κ2) is 8.58. The third-order valence-corrected chi connectivity index (χ3v) is 5.09. The number of hydrogen-bond acceptors (Lipinski definition) is 6. The molecule has 170 valence electrons. The molecule has 0 radical (unpaired) electrons. The van der Waals surface area contributed by atoms with E-state index in [2.05, 4.69) is 10.3 Å². The summed E-state index contributed by atoms with van der Waals surface area (Å²) in [7, 11) is 0. The lowest BCUT2D eigenvalue weighted by Crippen LogP contribution is -2.34. The van der Waals surface area contributed by atoms with Crippen LogP contribution in [0.3, 0.4) is 0 Å². The molecule has 1 amide bonds. The van der Waals surface area contributed by atoms with Crippen molar-refractivity contribution in [3.8, 4) is 22.6 Å². The second-order valence-corrected chi connectivity index (χ2v) is 8.97. The number of fused-ring (bicyclic) bond motifs is 1. The van der Waals surface area contributed by atoms with Crippen molar-refractivity contribution in [3.05, 3.63) is 76.5 Å². The fraction of sp³-hybridized carbons (Fsp3) is 0.269. The normalized spacial score (nSPS) is 12.5. The Hall–Kier alpha value is -3.87. The standard InChI is InChI=1S/C26H26N2O5/c1-15-11-18(16(2)28-25(30)33-26(3,4)5)24-19(12-15)22(29)21(20-13-31-14-27-20)23(32-24)17-9-7-6-8-10-17/h6-14,16H,1-5H3,(H,28,30)/t16-/m1/s1. The first-order valence-electron chi connectivity index (χ1n) is 10.7. The predicted molar refractivity (Wildman–Crippen MR) is 126 cm³/mol. The average Bonchev–Trinajstić information content (AvgIpc) is 3.27. The zero-order chi connectivity index (χ0) is 23.8. The van der Waals surface area contributed by atoms with Gasteiger partial charge in [0.05, 0.1) is 17.0 Å². The molecule has 2 aromatic carbocycles. The van der Waals surface area contributed by atoms with Crippen molar-refractivity contribution in [2.45, 2.75) is 46.3 Å². The number of nitrogens with one attached hydrogen (secondary N) is 1. The molecule has 0 fully saturated rings. The maximum atomic E-state index is 13.7. The number of ether oxygens (including phenoxy) is 1. The Labute approximate surface area is 191 Å². The van der Waals surface area contributed by atoms with E-state index in [0.29, 0.717) is 33.6 Å². The molecule has 0 bridgehead atoms. The lowest BCUT2D eigenvalue weighted by atomic mass is 9.97. The number of aryl methyl sites for hydroxylation is 1. The summed E-state index contributed by atoms with van der Waals surface area (Å²) >= 11 is 0. The Morgan fingerprint density at radius 1 is 1.15 bits per heavy atom. The van der Waals surface area contributed by atoms with E-state index in [9.17, 15) is 9.59 Å². The lowest BCUT2D eigenvalue weighted by Gasteiger charge is -2.23. The van der Waals surface area contributed by atoms with Gasteiger partial charge < -0.3 is 18.9 Å². The molecular weight excluding hydrogens is 420 g/mol. The van der Waals surface area contributed by atoms with Crippen molar-refractivity contribution in [3.63, 3.8) is 0 Å². The van der Waals surface area contributed by atoms with Crippen LogP contribution in [0.4, 0.5) is 4.79 Å². The Morgan fingerprint density at radius 3 is 2.52 bits per heavy atom. The van der Waals surface area contributed by atoms with Crippen LogP contribution >= 0.6 is 0 Å². The topological polar surface area (TPSA) is 94.6 Å². The van der Waals surface area contributed by atoms with Crippen LogP contribution in [-0.4, -0.2) is 16.7 Å². The van der Waals surface area contributed by atoms with E-state index in [-0.39, 0.29) is 5.43 Å². The van der Waals surface area contributed by atoms with Gasteiger partial charge in [-0.05, 0) is 46.2 Å². The highest BCUT2D eigenvalue weighted by Crippen LogP contribution is 2.34. The molecule has 0 saturated carbocycles. The van der Waals surface area contributed by atoms with Gasteiger partial charge in [-0.15, -0.1) is 0 Å². The molecule has 0 saturated heterocycles. The molecule has 0 aliphatic carbocycles. The van der Waals surface area contributed by atoms with Gasteiger partial charge in [0, 0.05) is 11.1 Å². The van der Waals surface area contributed by atoms with Gasteiger partial charge in [-0.25, -0.2) is 9.78 Å². The van der Waals surface area contributed by atoms with E-state index >= 15 is 0 Å². The zero-order valence-corrected chi connectivity index (χ0v) is 19.3. The Bertz CT molecular complexity index is 1350. The van der Waals surface area contributed by atoms with Crippen LogP contribution in [0.25, 0.3) is 33.6 Å². The number of carbonyl (C=O) groups excluding carboxylic acids is 1. The number of oxazole rings is 1. The maximum Gasteiger partial charge on any atom is 0.408 e. The summed E-state index contributed by atoms with van der Waals surface area (Å²) in [5.74, 6) is 0.386. The molecule has 0 spiro atoms. The van der Waals surface area contributed by atoms with Gasteiger partial charge in [0.25, 0.3) is 0 Å². The monoisotopic (exact) mass is 446 g/mol. The van der Waals surface area contributed by atoms with Gasteiger partial charge in [0.2, 0.25) is 5.43 Å². The zero-order valence-electron chi connectivity index (χ0n) is 19.3. The van der Waals surface area contributed by atoms with Crippen LogP contribution in [0.5, 0.6) is 0 Å². The molecule has 1 atom stereocenters. The second-order valence-electron chi connectivity index (χ2n) is 8.97.